The van der Waals surface area contributed by atoms with Crippen LogP contribution in [0.3, 0.4) is 0 Å². The van der Waals surface area contributed by atoms with Crippen LogP contribution in [0.1, 0.15) is 5.56 Å². The van der Waals surface area contributed by atoms with E-state index in [0.717, 1.165) is 22.3 Å². The maximum atomic E-state index is 13.3. The Hall–Kier alpha value is -1.39. The van der Waals surface area contributed by atoms with Gasteiger partial charge in [0.15, 0.2) is 0 Å². The molecule has 0 saturated carbocycles. The van der Waals surface area contributed by atoms with E-state index in [0.29, 0.717) is 6.54 Å². The Bertz CT molecular complexity index is 572. The lowest BCUT2D eigenvalue weighted by molar-refractivity contribution is 0.628. The van der Waals surface area contributed by atoms with Crippen molar-refractivity contribution < 1.29 is 4.39 Å². The second-order valence-corrected chi connectivity index (χ2v) is 5.22. The summed E-state index contributed by atoms with van der Waals surface area (Å²) in [7, 11) is 1.91. The van der Waals surface area contributed by atoms with E-state index in [4.69, 9.17) is 5.73 Å². The van der Waals surface area contributed by atoms with Gasteiger partial charge in [0.05, 0.1) is 5.69 Å². The van der Waals surface area contributed by atoms with Crippen LogP contribution in [-0.4, -0.2) is 13.6 Å². The average Bonchev–Trinajstić information content (AvgIpc) is 2.38. The molecule has 0 saturated heterocycles. The largest absolute Gasteiger partial charge is 0.344 e. The molecule has 2 aromatic rings. The number of hydrogen-bond donors (Lipinski definition) is 1. The molecule has 100 valence electrons. The highest BCUT2D eigenvalue weighted by Crippen LogP contribution is 2.31. The van der Waals surface area contributed by atoms with Gasteiger partial charge in [-0.3, -0.25) is 0 Å². The van der Waals surface area contributed by atoms with Crippen molar-refractivity contribution in [2.45, 2.75) is 6.42 Å². The second-order valence-electron chi connectivity index (χ2n) is 4.36. The summed E-state index contributed by atoms with van der Waals surface area (Å²) in [5, 5.41) is 0. The highest BCUT2D eigenvalue weighted by molar-refractivity contribution is 9.10. The third-order valence-electron chi connectivity index (χ3n) is 3.00. The molecule has 0 aromatic heterocycles. The number of anilines is 2. The molecule has 0 bridgehead atoms. The summed E-state index contributed by atoms with van der Waals surface area (Å²) in [5.41, 5.74) is 8.54. The van der Waals surface area contributed by atoms with Crippen molar-refractivity contribution in [1.82, 2.24) is 0 Å². The highest BCUT2D eigenvalue weighted by Gasteiger charge is 2.09. The van der Waals surface area contributed by atoms with Gasteiger partial charge in [-0.25, -0.2) is 4.39 Å². The number of hydrogen-bond acceptors (Lipinski definition) is 2. The predicted molar refractivity (Wildman–Crippen MR) is 81.4 cm³/mol. The van der Waals surface area contributed by atoms with Gasteiger partial charge in [-0.05, 0) is 64.8 Å². The molecule has 0 aliphatic heterocycles. The van der Waals surface area contributed by atoms with Crippen molar-refractivity contribution in [3.8, 4) is 0 Å². The van der Waals surface area contributed by atoms with Gasteiger partial charge >= 0.3 is 0 Å². The van der Waals surface area contributed by atoms with Crippen LogP contribution in [0.25, 0.3) is 0 Å². The van der Waals surface area contributed by atoms with Crippen molar-refractivity contribution in [1.29, 1.82) is 0 Å². The molecular formula is C15H16BrFN2. The molecular weight excluding hydrogens is 307 g/mol. The molecule has 2 rings (SSSR count). The van der Waals surface area contributed by atoms with Crippen LogP contribution in [0.4, 0.5) is 15.8 Å². The van der Waals surface area contributed by atoms with Gasteiger partial charge in [-0.2, -0.15) is 0 Å². The molecule has 0 atom stereocenters. The van der Waals surface area contributed by atoms with E-state index < -0.39 is 0 Å². The van der Waals surface area contributed by atoms with Crippen LogP contribution in [-0.2, 0) is 6.42 Å². The average molecular weight is 323 g/mol. The zero-order chi connectivity index (χ0) is 13.8. The summed E-state index contributed by atoms with van der Waals surface area (Å²) in [6.07, 6.45) is 0.850. The number of benzene rings is 2. The minimum Gasteiger partial charge on any atom is -0.344 e. The molecule has 19 heavy (non-hydrogen) atoms. The van der Waals surface area contributed by atoms with Crippen LogP contribution in [0.2, 0.25) is 0 Å². The fourth-order valence-electron chi connectivity index (χ4n) is 1.97. The lowest BCUT2D eigenvalue weighted by atomic mass is 10.1. The Labute approximate surface area is 121 Å². The smallest absolute Gasteiger partial charge is 0.125 e. The fourth-order valence-corrected chi connectivity index (χ4v) is 2.66. The van der Waals surface area contributed by atoms with Gasteiger partial charge in [0.2, 0.25) is 0 Å². The Morgan fingerprint density at radius 1 is 1.21 bits per heavy atom. The Balaban J connectivity index is 2.31. The number of nitrogens with two attached hydrogens (primary N) is 1. The Morgan fingerprint density at radius 2 is 2.00 bits per heavy atom. The lowest BCUT2D eigenvalue weighted by Crippen LogP contribution is -2.11. The van der Waals surface area contributed by atoms with E-state index in [2.05, 4.69) is 22.0 Å². The third kappa shape index (κ3) is 3.33. The van der Waals surface area contributed by atoms with Gasteiger partial charge in [-0.1, -0.05) is 12.1 Å². The van der Waals surface area contributed by atoms with E-state index in [-0.39, 0.29) is 5.82 Å². The first-order chi connectivity index (χ1) is 9.11. The number of halogens is 2. The Kier molecular flexibility index (Phi) is 4.56. The van der Waals surface area contributed by atoms with Gasteiger partial charge in [-0.15, -0.1) is 0 Å². The first-order valence-corrected chi connectivity index (χ1v) is 6.89. The van der Waals surface area contributed by atoms with E-state index in [9.17, 15) is 4.39 Å². The van der Waals surface area contributed by atoms with E-state index in [1.165, 1.54) is 17.7 Å². The minimum atomic E-state index is -0.236. The SMILES string of the molecule is CN(c1cccc(F)c1)c1ccc(CCN)cc1Br. The predicted octanol–water partition coefficient (Wildman–Crippen LogP) is 3.86. The summed E-state index contributed by atoms with van der Waals surface area (Å²) in [6.45, 7) is 0.630. The molecule has 2 N–H and O–H groups in total. The van der Waals surface area contributed by atoms with Crippen LogP contribution >= 0.6 is 15.9 Å². The molecule has 4 heteroatoms. The van der Waals surface area contributed by atoms with Crippen LogP contribution in [0.5, 0.6) is 0 Å². The number of rotatable bonds is 4. The standard InChI is InChI=1S/C15H16BrFN2/c1-19(13-4-2-3-12(17)10-13)15-6-5-11(7-8-18)9-14(15)16/h2-6,9-10H,7-8,18H2,1H3. The quantitative estimate of drug-likeness (QED) is 0.926. The van der Waals surface area contributed by atoms with Crippen molar-refractivity contribution in [2.24, 2.45) is 5.73 Å². The minimum absolute atomic E-state index is 0.236. The van der Waals surface area contributed by atoms with Crippen LogP contribution < -0.4 is 10.6 Å². The topological polar surface area (TPSA) is 29.3 Å². The van der Waals surface area contributed by atoms with Gasteiger partial charge < -0.3 is 10.6 Å². The normalized spacial score (nSPS) is 10.5. The number of nitrogens with zero attached hydrogens (tertiary/aromatic N) is 1. The Morgan fingerprint density at radius 3 is 2.63 bits per heavy atom. The second kappa shape index (κ2) is 6.17. The summed E-state index contributed by atoms with van der Waals surface area (Å²) in [4.78, 5) is 1.94. The van der Waals surface area contributed by atoms with Crippen molar-refractivity contribution in [3.05, 3.63) is 58.3 Å². The molecule has 0 heterocycles. The van der Waals surface area contributed by atoms with E-state index in [1.807, 2.05) is 30.1 Å². The zero-order valence-electron chi connectivity index (χ0n) is 10.7. The highest BCUT2D eigenvalue weighted by atomic mass is 79.9. The molecule has 0 radical (unpaired) electrons. The van der Waals surface area contributed by atoms with E-state index >= 15 is 0 Å². The molecule has 2 nitrogen and oxygen atoms in total. The molecule has 0 unspecified atom stereocenters. The molecule has 0 aliphatic carbocycles. The maximum absolute atomic E-state index is 13.3. The molecule has 0 fully saturated rings. The summed E-state index contributed by atoms with van der Waals surface area (Å²) < 4.78 is 14.2. The summed E-state index contributed by atoms with van der Waals surface area (Å²) >= 11 is 3.56. The van der Waals surface area contributed by atoms with Crippen LogP contribution in [0.15, 0.2) is 46.9 Å². The third-order valence-corrected chi connectivity index (χ3v) is 3.64. The van der Waals surface area contributed by atoms with Crippen molar-refractivity contribution in [2.75, 3.05) is 18.5 Å². The van der Waals surface area contributed by atoms with Gasteiger partial charge in [0.25, 0.3) is 0 Å². The van der Waals surface area contributed by atoms with E-state index in [1.54, 1.807) is 6.07 Å². The van der Waals surface area contributed by atoms with Crippen molar-refractivity contribution >= 4 is 27.3 Å². The molecule has 0 spiro atoms. The van der Waals surface area contributed by atoms with Gasteiger partial charge in [0, 0.05) is 17.2 Å². The lowest BCUT2D eigenvalue weighted by Gasteiger charge is -2.21. The summed E-state index contributed by atoms with van der Waals surface area (Å²) in [5.74, 6) is -0.236. The molecule has 0 amide bonds. The fraction of sp³-hybridized carbons (Fsp3) is 0.200. The molecule has 0 aliphatic rings. The first-order valence-electron chi connectivity index (χ1n) is 6.09. The molecule has 2 aromatic carbocycles. The monoisotopic (exact) mass is 322 g/mol. The first kappa shape index (κ1) is 14.0. The maximum Gasteiger partial charge on any atom is 0.125 e. The summed E-state index contributed by atoms with van der Waals surface area (Å²) in [6, 6.07) is 12.7. The van der Waals surface area contributed by atoms with Crippen LogP contribution in [0, 0.1) is 5.82 Å². The zero-order valence-corrected chi connectivity index (χ0v) is 12.3. The van der Waals surface area contributed by atoms with Crippen molar-refractivity contribution in [3.63, 3.8) is 0 Å². The van der Waals surface area contributed by atoms with Gasteiger partial charge in [0.1, 0.15) is 5.82 Å².